The van der Waals surface area contributed by atoms with Crippen molar-refractivity contribution in [3.63, 3.8) is 0 Å². The lowest BCUT2D eigenvalue weighted by atomic mass is 10.0. The summed E-state index contributed by atoms with van der Waals surface area (Å²) in [5.41, 5.74) is 7.08. The van der Waals surface area contributed by atoms with Crippen molar-refractivity contribution in [3.8, 4) is 5.75 Å². The lowest BCUT2D eigenvalue weighted by molar-refractivity contribution is 0.297. The van der Waals surface area contributed by atoms with E-state index in [2.05, 4.69) is 0 Å². The lowest BCUT2D eigenvalue weighted by Crippen LogP contribution is -2.25. The van der Waals surface area contributed by atoms with E-state index in [1.807, 2.05) is 30.3 Å². The van der Waals surface area contributed by atoms with Crippen LogP contribution in [0.15, 0.2) is 54.6 Å². The molecule has 1 atom stereocenters. The van der Waals surface area contributed by atoms with Crippen LogP contribution >= 0.6 is 0 Å². The predicted octanol–water partition coefficient (Wildman–Crippen LogP) is 3.16. The van der Waals surface area contributed by atoms with Gasteiger partial charge in [-0.1, -0.05) is 30.3 Å². The molecule has 0 aliphatic carbocycles. The first kappa shape index (κ1) is 13.6. The molecule has 0 amide bonds. The van der Waals surface area contributed by atoms with Gasteiger partial charge < -0.3 is 10.5 Å². The summed E-state index contributed by atoms with van der Waals surface area (Å²) in [7, 11) is 0. The second-order valence-electron chi connectivity index (χ2n) is 4.54. The fourth-order valence-corrected chi connectivity index (χ4v) is 1.87. The molecule has 100 valence electrons. The molecule has 0 saturated carbocycles. The summed E-state index contributed by atoms with van der Waals surface area (Å²) in [6.45, 7) is 0.590. The normalized spacial score (nSPS) is 12.1. The molecule has 2 aromatic rings. The zero-order valence-corrected chi connectivity index (χ0v) is 10.8. The van der Waals surface area contributed by atoms with Gasteiger partial charge in [-0.15, -0.1) is 0 Å². The van der Waals surface area contributed by atoms with Gasteiger partial charge in [-0.05, 0) is 42.7 Å². The first-order valence-corrected chi connectivity index (χ1v) is 6.42. The number of rotatable bonds is 6. The van der Waals surface area contributed by atoms with Gasteiger partial charge in [-0.25, -0.2) is 4.39 Å². The molecule has 0 aliphatic rings. The van der Waals surface area contributed by atoms with Crippen molar-refractivity contribution in [1.82, 2.24) is 0 Å². The molecule has 0 aromatic heterocycles. The minimum atomic E-state index is -0.218. The van der Waals surface area contributed by atoms with E-state index in [0.29, 0.717) is 6.61 Å². The predicted molar refractivity (Wildman–Crippen MR) is 74.6 cm³/mol. The fraction of sp³-hybridized carbons (Fsp3) is 0.250. The minimum absolute atomic E-state index is 0.0224. The van der Waals surface area contributed by atoms with Crippen LogP contribution in [0.25, 0.3) is 0 Å². The molecule has 0 fully saturated rings. The number of halogens is 1. The topological polar surface area (TPSA) is 35.2 Å². The summed E-state index contributed by atoms with van der Waals surface area (Å²) in [6.07, 6.45) is 1.50. The minimum Gasteiger partial charge on any atom is -0.494 e. The van der Waals surface area contributed by atoms with Crippen molar-refractivity contribution in [2.75, 3.05) is 6.61 Å². The SMILES string of the molecule is NC(CCOc1ccccc1)Cc1ccc(F)cc1. The van der Waals surface area contributed by atoms with Crippen molar-refractivity contribution < 1.29 is 9.13 Å². The quantitative estimate of drug-likeness (QED) is 0.864. The number of para-hydroxylation sites is 1. The van der Waals surface area contributed by atoms with Gasteiger partial charge >= 0.3 is 0 Å². The van der Waals surface area contributed by atoms with Crippen LogP contribution in [0, 0.1) is 5.82 Å². The first-order valence-electron chi connectivity index (χ1n) is 6.42. The largest absolute Gasteiger partial charge is 0.494 e. The van der Waals surface area contributed by atoms with E-state index in [9.17, 15) is 4.39 Å². The highest BCUT2D eigenvalue weighted by atomic mass is 19.1. The van der Waals surface area contributed by atoms with E-state index in [1.54, 1.807) is 12.1 Å². The maximum Gasteiger partial charge on any atom is 0.123 e. The molecule has 0 heterocycles. The van der Waals surface area contributed by atoms with E-state index < -0.39 is 0 Å². The number of hydrogen-bond donors (Lipinski definition) is 1. The van der Waals surface area contributed by atoms with Gasteiger partial charge in [-0.3, -0.25) is 0 Å². The van der Waals surface area contributed by atoms with Gasteiger partial charge in [0.2, 0.25) is 0 Å². The molecule has 0 aliphatic heterocycles. The molecule has 19 heavy (non-hydrogen) atoms. The van der Waals surface area contributed by atoms with Crippen molar-refractivity contribution in [1.29, 1.82) is 0 Å². The van der Waals surface area contributed by atoms with Gasteiger partial charge in [0, 0.05) is 6.04 Å². The van der Waals surface area contributed by atoms with Crippen molar-refractivity contribution >= 4 is 0 Å². The van der Waals surface area contributed by atoms with Crippen LogP contribution in [0.1, 0.15) is 12.0 Å². The second-order valence-corrected chi connectivity index (χ2v) is 4.54. The Hall–Kier alpha value is -1.87. The molecule has 3 heteroatoms. The Kier molecular flexibility index (Phi) is 4.93. The second kappa shape index (κ2) is 6.90. The molecule has 2 N–H and O–H groups in total. The van der Waals surface area contributed by atoms with Crippen LogP contribution in [-0.4, -0.2) is 12.6 Å². The van der Waals surface area contributed by atoms with E-state index in [-0.39, 0.29) is 11.9 Å². The van der Waals surface area contributed by atoms with Crippen LogP contribution < -0.4 is 10.5 Å². The highest BCUT2D eigenvalue weighted by Crippen LogP contribution is 2.10. The average molecular weight is 259 g/mol. The van der Waals surface area contributed by atoms with E-state index in [4.69, 9.17) is 10.5 Å². The molecule has 0 spiro atoms. The third-order valence-corrected chi connectivity index (χ3v) is 2.91. The van der Waals surface area contributed by atoms with Crippen LogP contribution in [-0.2, 0) is 6.42 Å². The molecule has 0 saturated heterocycles. The standard InChI is InChI=1S/C16H18FNO/c17-14-8-6-13(7-9-14)12-15(18)10-11-19-16-4-2-1-3-5-16/h1-9,15H,10-12,18H2. The highest BCUT2D eigenvalue weighted by Gasteiger charge is 2.05. The summed E-state index contributed by atoms with van der Waals surface area (Å²) < 4.78 is 18.4. The molecule has 0 radical (unpaired) electrons. The molecular formula is C16H18FNO. The molecule has 0 bridgehead atoms. The first-order chi connectivity index (χ1) is 9.24. The smallest absolute Gasteiger partial charge is 0.123 e. The van der Waals surface area contributed by atoms with E-state index >= 15 is 0 Å². The Labute approximate surface area is 113 Å². The number of nitrogens with two attached hydrogens (primary N) is 1. The zero-order valence-electron chi connectivity index (χ0n) is 10.8. The van der Waals surface area contributed by atoms with E-state index in [1.165, 1.54) is 12.1 Å². The molecule has 1 unspecified atom stereocenters. The lowest BCUT2D eigenvalue weighted by Gasteiger charge is -2.12. The van der Waals surface area contributed by atoms with Crippen LogP contribution in [0.4, 0.5) is 4.39 Å². The number of hydrogen-bond acceptors (Lipinski definition) is 2. The third kappa shape index (κ3) is 4.72. The Morgan fingerprint density at radius 1 is 1.00 bits per heavy atom. The summed E-state index contributed by atoms with van der Waals surface area (Å²) in [4.78, 5) is 0. The monoisotopic (exact) mass is 259 g/mol. The average Bonchev–Trinajstić information content (AvgIpc) is 2.43. The Morgan fingerprint density at radius 2 is 1.68 bits per heavy atom. The van der Waals surface area contributed by atoms with Gasteiger partial charge in [-0.2, -0.15) is 0 Å². The van der Waals surface area contributed by atoms with E-state index in [0.717, 1.165) is 24.2 Å². The number of benzene rings is 2. The number of ether oxygens (including phenoxy) is 1. The maximum atomic E-state index is 12.8. The van der Waals surface area contributed by atoms with Gasteiger partial charge in [0.05, 0.1) is 6.61 Å². The summed E-state index contributed by atoms with van der Waals surface area (Å²) in [6, 6.07) is 16.2. The summed E-state index contributed by atoms with van der Waals surface area (Å²) in [5.74, 6) is 0.640. The van der Waals surface area contributed by atoms with Crippen molar-refractivity contribution in [2.24, 2.45) is 5.73 Å². The van der Waals surface area contributed by atoms with Crippen LogP contribution in [0.3, 0.4) is 0 Å². The van der Waals surface area contributed by atoms with Gasteiger partial charge in [0.1, 0.15) is 11.6 Å². The third-order valence-electron chi connectivity index (χ3n) is 2.91. The Morgan fingerprint density at radius 3 is 2.37 bits per heavy atom. The van der Waals surface area contributed by atoms with Crippen LogP contribution in [0.5, 0.6) is 5.75 Å². The Balaban J connectivity index is 1.73. The molecular weight excluding hydrogens is 241 g/mol. The summed E-state index contributed by atoms with van der Waals surface area (Å²) in [5, 5.41) is 0. The molecule has 2 rings (SSSR count). The van der Waals surface area contributed by atoms with Crippen molar-refractivity contribution in [3.05, 3.63) is 66.0 Å². The van der Waals surface area contributed by atoms with Gasteiger partial charge in [0.25, 0.3) is 0 Å². The molecule has 2 aromatic carbocycles. The van der Waals surface area contributed by atoms with Crippen molar-refractivity contribution in [2.45, 2.75) is 18.9 Å². The maximum absolute atomic E-state index is 12.8. The zero-order chi connectivity index (χ0) is 13.5. The highest BCUT2D eigenvalue weighted by molar-refractivity contribution is 5.21. The van der Waals surface area contributed by atoms with Gasteiger partial charge in [0.15, 0.2) is 0 Å². The fourth-order valence-electron chi connectivity index (χ4n) is 1.87. The van der Waals surface area contributed by atoms with Crippen LogP contribution in [0.2, 0.25) is 0 Å². The Bertz CT molecular complexity index is 484. The summed E-state index contributed by atoms with van der Waals surface area (Å²) >= 11 is 0. The molecule has 2 nitrogen and oxygen atoms in total.